The first kappa shape index (κ1) is 17.1. The number of thiocarbonyl (C=S) groups is 1. The summed E-state index contributed by atoms with van der Waals surface area (Å²) in [6, 6.07) is 18.1. The van der Waals surface area contributed by atoms with Crippen LogP contribution in [0.1, 0.15) is 17.3 Å². The molecule has 0 fully saturated rings. The minimum Gasteiger partial charge on any atom is -0.348 e. The number of hydrogen-bond acceptors (Lipinski definition) is 1. The van der Waals surface area contributed by atoms with Crippen molar-refractivity contribution in [2.75, 3.05) is 11.9 Å². The van der Waals surface area contributed by atoms with Gasteiger partial charge in [-0.3, -0.25) is 0 Å². The average molecular weight is 386 g/mol. The van der Waals surface area contributed by atoms with Crippen molar-refractivity contribution in [1.29, 1.82) is 0 Å². The summed E-state index contributed by atoms with van der Waals surface area (Å²) < 4.78 is 15.6. The molecule has 0 saturated heterocycles. The van der Waals surface area contributed by atoms with Crippen LogP contribution < -0.4 is 5.32 Å². The Hall–Kier alpha value is -2.37. The molecule has 1 N–H and O–H groups in total. The number of fused-ring (bicyclic) bond motifs is 1. The highest BCUT2D eigenvalue weighted by Gasteiger charge is 2.30. The minimum atomic E-state index is -0.244. The van der Waals surface area contributed by atoms with Gasteiger partial charge in [0.2, 0.25) is 0 Å². The highest BCUT2D eigenvalue weighted by Crippen LogP contribution is 2.33. The van der Waals surface area contributed by atoms with E-state index in [1.54, 1.807) is 0 Å². The van der Waals surface area contributed by atoms with Crippen molar-refractivity contribution in [3.05, 3.63) is 89.0 Å². The van der Waals surface area contributed by atoms with E-state index in [0.29, 0.717) is 10.1 Å². The molecule has 0 spiro atoms. The van der Waals surface area contributed by atoms with Gasteiger partial charge >= 0.3 is 0 Å². The molecule has 1 aromatic heterocycles. The molecule has 0 radical (unpaired) electrons. The van der Waals surface area contributed by atoms with Gasteiger partial charge in [0.15, 0.2) is 5.11 Å². The number of anilines is 1. The van der Waals surface area contributed by atoms with Gasteiger partial charge in [0, 0.05) is 35.7 Å². The van der Waals surface area contributed by atoms with E-state index in [2.05, 4.69) is 27.0 Å². The zero-order valence-corrected chi connectivity index (χ0v) is 15.5. The fourth-order valence-corrected chi connectivity index (χ4v) is 3.86. The van der Waals surface area contributed by atoms with E-state index in [-0.39, 0.29) is 11.9 Å². The monoisotopic (exact) mass is 385 g/mol. The summed E-state index contributed by atoms with van der Waals surface area (Å²) in [6.07, 6.45) is 2.07. The zero-order valence-electron chi connectivity index (χ0n) is 13.9. The van der Waals surface area contributed by atoms with Crippen molar-refractivity contribution >= 4 is 34.6 Å². The molecule has 2 heterocycles. The first-order valence-corrected chi connectivity index (χ1v) is 9.14. The van der Waals surface area contributed by atoms with Gasteiger partial charge in [-0.25, -0.2) is 4.39 Å². The maximum Gasteiger partial charge on any atom is 0.174 e. The normalized spacial score (nSPS) is 16.2. The van der Waals surface area contributed by atoms with Crippen LogP contribution in [0.15, 0.2) is 66.9 Å². The molecular weight excluding hydrogens is 369 g/mol. The molecule has 1 unspecified atom stereocenters. The molecule has 0 bridgehead atoms. The number of benzene rings is 2. The molecule has 2 aromatic carbocycles. The minimum absolute atomic E-state index is 0.0708. The summed E-state index contributed by atoms with van der Waals surface area (Å²) in [4.78, 5) is 2.14. The Bertz CT molecular complexity index is 938. The Labute approximate surface area is 162 Å². The molecule has 1 aliphatic rings. The van der Waals surface area contributed by atoms with Crippen LogP contribution in [-0.2, 0) is 6.54 Å². The van der Waals surface area contributed by atoms with Crippen molar-refractivity contribution in [2.24, 2.45) is 0 Å². The van der Waals surface area contributed by atoms with Gasteiger partial charge in [-0.1, -0.05) is 29.8 Å². The summed E-state index contributed by atoms with van der Waals surface area (Å²) in [7, 11) is 0. The fourth-order valence-electron chi connectivity index (χ4n) is 3.36. The van der Waals surface area contributed by atoms with Crippen LogP contribution in [0.3, 0.4) is 0 Å². The van der Waals surface area contributed by atoms with Crippen LogP contribution in [-0.4, -0.2) is 21.1 Å². The van der Waals surface area contributed by atoms with Gasteiger partial charge < -0.3 is 14.8 Å². The quantitative estimate of drug-likeness (QED) is 0.621. The van der Waals surface area contributed by atoms with E-state index in [4.69, 9.17) is 23.8 Å². The molecule has 1 aliphatic heterocycles. The molecule has 3 aromatic rings. The number of halogens is 2. The number of aromatic nitrogens is 1. The summed E-state index contributed by atoms with van der Waals surface area (Å²) in [6.45, 7) is 1.60. The molecule has 132 valence electrons. The second-order valence-electron chi connectivity index (χ2n) is 6.21. The highest BCUT2D eigenvalue weighted by molar-refractivity contribution is 7.80. The molecule has 1 atom stereocenters. The smallest absolute Gasteiger partial charge is 0.174 e. The lowest BCUT2D eigenvalue weighted by Crippen LogP contribution is -2.44. The van der Waals surface area contributed by atoms with Crippen molar-refractivity contribution in [1.82, 2.24) is 9.47 Å². The lowest BCUT2D eigenvalue weighted by molar-refractivity contribution is 0.293. The van der Waals surface area contributed by atoms with E-state index in [9.17, 15) is 4.39 Å². The number of nitrogens with zero attached hydrogens (tertiary/aromatic N) is 2. The number of hydrogen-bond donors (Lipinski definition) is 1. The summed E-state index contributed by atoms with van der Waals surface area (Å²) in [5.74, 6) is -0.244. The Balaban J connectivity index is 1.67. The Morgan fingerprint density at radius 2 is 1.88 bits per heavy atom. The van der Waals surface area contributed by atoms with Crippen LogP contribution in [0.4, 0.5) is 10.1 Å². The van der Waals surface area contributed by atoms with Gasteiger partial charge in [0.05, 0.1) is 6.04 Å². The lowest BCUT2D eigenvalue weighted by atomic mass is 10.0. The van der Waals surface area contributed by atoms with Crippen LogP contribution in [0, 0.1) is 5.82 Å². The SMILES string of the molecule is Fc1ccc(C2c3cccn3CCN2C(=S)Nc2cccc(Cl)c2)cc1. The predicted molar refractivity (Wildman–Crippen MR) is 107 cm³/mol. The third kappa shape index (κ3) is 3.32. The topological polar surface area (TPSA) is 20.2 Å². The van der Waals surface area contributed by atoms with Gasteiger partial charge in [0.25, 0.3) is 0 Å². The van der Waals surface area contributed by atoms with Gasteiger partial charge in [-0.2, -0.15) is 0 Å². The lowest BCUT2D eigenvalue weighted by Gasteiger charge is -2.39. The summed E-state index contributed by atoms with van der Waals surface area (Å²) in [5.41, 5.74) is 2.99. The zero-order chi connectivity index (χ0) is 18.1. The van der Waals surface area contributed by atoms with E-state index in [1.165, 1.54) is 12.1 Å². The molecule has 4 rings (SSSR count). The van der Waals surface area contributed by atoms with E-state index in [1.807, 2.05) is 42.5 Å². The second kappa shape index (κ2) is 7.09. The third-order valence-corrected chi connectivity index (χ3v) is 5.13. The molecule has 0 amide bonds. The maximum atomic E-state index is 13.4. The van der Waals surface area contributed by atoms with Crippen LogP contribution in [0.5, 0.6) is 0 Å². The predicted octanol–water partition coefficient (Wildman–Crippen LogP) is 5.08. The molecule has 3 nitrogen and oxygen atoms in total. The molecule has 0 saturated carbocycles. The van der Waals surface area contributed by atoms with E-state index >= 15 is 0 Å². The van der Waals surface area contributed by atoms with Crippen molar-refractivity contribution in [3.8, 4) is 0 Å². The summed E-state index contributed by atoms with van der Waals surface area (Å²) >= 11 is 11.8. The second-order valence-corrected chi connectivity index (χ2v) is 7.04. The van der Waals surface area contributed by atoms with E-state index < -0.39 is 0 Å². The number of nitrogens with one attached hydrogen (secondary N) is 1. The van der Waals surface area contributed by atoms with Gasteiger partial charge in [-0.15, -0.1) is 0 Å². The van der Waals surface area contributed by atoms with Crippen LogP contribution in [0.25, 0.3) is 0 Å². The van der Waals surface area contributed by atoms with E-state index in [0.717, 1.165) is 30.0 Å². The fraction of sp³-hybridized carbons (Fsp3) is 0.150. The number of rotatable bonds is 2. The average Bonchev–Trinajstić information content (AvgIpc) is 3.10. The molecule has 6 heteroatoms. The standard InChI is InChI=1S/C20H17ClFN3S/c21-15-3-1-4-17(13-15)23-20(26)25-12-11-24-10-2-5-18(24)19(25)14-6-8-16(22)9-7-14/h1-10,13,19H,11-12H2,(H,23,26). The largest absolute Gasteiger partial charge is 0.348 e. The van der Waals surface area contributed by atoms with Crippen molar-refractivity contribution in [3.63, 3.8) is 0 Å². The maximum absolute atomic E-state index is 13.4. The molecular formula is C20H17ClFN3S. The first-order valence-electron chi connectivity index (χ1n) is 8.35. The van der Waals surface area contributed by atoms with Crippen molar-refractivity contribution < 1.29 is 4.39 Å². The van der Waals surface area contributed by atoms with Gasteiger partial charge in [-0.05, 0) is 60.2 Å². The van der Waals surface area contributed by atoms with Crippen molar-refractivity contribution in [2.45, 2.75) is 12.6 Å². The Morgan fingerprint density at radius 3 is 2.65 bits per heavy atom. The first-order chi connectivity index (χ1) is 12.6. The molecule has 0 aliphatic carbocycles. The van der Waals surface area contributed by atoms with Crippen LogP contribution >= 0.6 is 23.8 Å². The van der Waals surface area contributed by atoms with Gasteiger partial charge in [0.1, 0.15) is 5.82 Å². The summed E-state index contributed by atoms with van der Waals surface area (Å²) in [5, 5.41) is 4.55. The Morgan fingerprint density at radius 1 is 1.08 bits per heavy atom. The third-order valence-electron chi connectivity index (χ3n) is 4.56. The Kier molecular flexibility index (Phi) is 4.66. The van der Waals surface area contributed by atoms with Crippen LogP contribution in [0.2, 0.25) is 5.02 Å². The molecule has 26 heavy (non-hydrogen) atoms. The highest BCUT2D eigenvalue weighted by atomic mass is 35.5.